The first-order valence-electron chi connectivity index (χ1n) is 8.73. The van der Waals surface area contributed by atoms with Gasteiger partial charge in [0.1, 0.15) is 0 Å². The van der Waals surface area contributed by atoms with Crippen molar-refractivity contribution in [1.82, 2.24) is 4.83 Å². The van der Waals surface area contributed by atoms with Gasteiger partial charge in [-0.25, -0.2) is 4.83 Å². The van der Waals surface area contributed by atoms with E-state index in [4.69, 9.17) is 0 Å². The average molecular weight is 388 g/mol. The van der Waals surface area contributed by atoms with Crippen LogP contribution in [-0.4, -0.2) is 14.6 Å². The van der Waals surface area contributed by atoms with Crippen LogP contribution in [-0.2, 0) is 10.0 Å². The molecule has 0 atom stereocenters. The van der Waals surface area contributed by atoms with Crippen LogP contribution in [0, 0.1) is 25.7 Å². The first kappa shape index (κ1) is 19.4. The maximum atomic E-state index is 12.3. The number of hydrogen-bond acceptors (Lipinski definition) is 3. The predicted octanol–water partition coefficient (Wildman–Crippen LogP) is 4.02. The number of hydrogen-bond donors (Lipinski definition) is 1. The van der Waals surface area contributed by atoms with E-state index in [9.17, 15) is 8.42 Å². The van der Waals surface area contributed by atoms with E-state index in [1.165, 1.54) is 6.21 Å². The molecule has 0 bridgehead atoms. The smallest absolute Gasteiger partial charge is 0.200 e. The van der Waals surface area contributed by atoms with Crippen LogP contribution in [0.2, 0.25) is 0 Å². The molecule has 0 spiro atoms. The first-order valence-corrected chi connectivity index (χ1v) is 10.2. The maximum absolute atomic E-state index is 12.3. The third-order valence-corrected chi connectivity index (χ3v) is 5.27. The molecular weight excluding hydrogens is 368 g/mol. The summed E-state index contributed by atoms with van der Waals surface area (Å²) in [6.07, 6.45) is 1.48. The normalized spacial score (nSPS) is 11.1. The Morgan fingerprint density at radius 2 is 1.54 bits per heavy atom. The Hall–Kier alpha value is -3.36. The van der Waals surface area contributed by atoms with Gasteiger partial charge in [-0.15, -0.1) is 0 Å². The summed E-state index contributed by atoms with van der Waals surface area (Å²) >= 11 is 0. The number of aryl methyl sites for hydroxylation is 2. The van der Waals surface area contributed by atoms with Crippen LogP contribution in [0.1, 0.15) is 27.8 Å². The van der Waals surface area contributed by atoms with E-state index < -0.39 is 10.0 Å². The fourth-order valence-corrected chi connectivity index (χ4v) is 3.29. The highest BCUT2D eigenvalue weighted by Gasteiger charge is 2.11. The summed E-state index contributed by atoms with van der Waals surface area (Å²) in [5, 5.41) is 3.94. The van der Waals surface area contributed by atoms with Gasteiger partial charge < -0.3 is 0 Å². The van der Waals surface area contributed by atoms with Crippen LogP contribution >= 0.6 is 0 Å². The molecule has 0 aliphatic heterocycles. The molecule has 3 aromatic carbocycles. The minimum atomic E-state index is -3.71. The van der Waals surface area contributed by atoms with Gasteiger partial charge in [0.2, 0.25) is 0 Å². The Kier molecular flexibility index (Phi) is 5.93. The van der Waals surface area contributed by atoms with Crippen molar-refractivity contribution in [2.24, 2.45) is 5.10 Å². The summed E-state index contributed by atoms with van der Waals surface area (Å²) < 4.78 is 24.7. The highest BCUT2D eigenvalue weighted by Crippen LogP contribution is 2.11. The third-order valence-electron chi connectivity index (χ3n) is 4.03. The largest absolute Gasteiger partial charge is 0.276 e. The molecule has 0 unspecified atom stereocenters. The summed E-state index contributed by atoms with van der Waals surface area (Å²) in [6.45, 7) is 3.86. The Morgan fingerprint density at radius 1 is 0.857 bits per heavy atom. The Morgan fingerprint density at radius 3 is 2.25 bits per heavy atom. The second-order valence-corrected chi connectivity index (χ2v) is 8.03. The van der Waals surface area contributed by atoms with E-state index >= 15 is 0 Å². The lowest BCUT2D eigenvalue weighted by molar-refractivity contribution is 0.584. The lowest BCUT2D eigenvalue weighted by Gasteiger charge is -2.04. The second-order valence-electron chi connectivity index (χ2n) is 6.37. The first-order chi connectivity index (χ1) is 13.4. The molecule has 140 valence electrons. The van der Waals surface area contributed by atoms with Crippen molar-refractivity contribution in [3.05, 3.63) is 101 Å². The molecule has 3 aromatic rings. The van der Waals surface area contributed by atoms with Crippen LogP contribution in [0.25, 0.3) is 0 Å². The van der Waals surface area contributed by atoms with Crippen molar-refractivity contribution in [2.45, 2.75) is 18.7 Å². The average Bonchev–Trinajstić information content (AvgIpc) is 2.68. The zero-order valence-corrected chi connectivity index (χ0v) is 16.5. The summed E-state index contributed by atoms with van der Waals surface area (Å²) in [5.41, 5.74) is 4.45. The summed E-state index contributed by atoms with van der Waals surface area (Å²) in [4.78, 5) is 2.43. The van der Waals surface area contributed by atoms with Gasteiger partial charge in [-0.1, -0.05) is 59.4 Å². The SMILES string of the molecule is Cc1ccc(S(=O)(=O)N/N=C/c2cc(C)ccc2C#Cc2ccccc2)cc1. The molecule has 4 nitrogen and oxygen atoms in total. The van der Waals surface area contributed by atoms with Gasteiger partial charge in [0.25, 0.3) is 10.0 Å². The number of nitrogens with zero attached hydrogens (tertiary/aromatic N) is 1. The minimum absolute atomic E-state index is 0.170. The number of rotatable bonds is 4. The van der Waals surface area contributed by atoms with E-state index in [2.05, 4.69) is 21.8 Å². The van der Waals surface area contributed by atoms with E-state index in [0.717, 1.165) is 27.8 Å². The van der Waals surface area contributed by atoms with Crippen molar-refractivity contribution >= 4 is 16.2 Å². The van der Waals surface area contributed by atoms with Crippen molar-refractivity contribution in [3.8, 4) is 11.8 Å². The fourth-order valence-electron chi connectivity index (χ4n) is 2.50. The highest BCUT2D eigenvalue weighted by molar-refractivity contribution is 7.89. The van der Waals surface area contributed by atoms with E-state index in [1.807, 2.05) is 62.4 Å². The van der Waals surface area contributed by atoms with E-state index in [1.54, 1.807) is 24.3 Å². The van der Waals surface area contributed by atoms with Gasteiger partial charge in [0.05, 0.1) is 11.1 Å². The maximum Gasteiger partial charge on any atom is 0.276 e. The molecule has 3 rings (SSSR count). The number of sulfonamides is 1. The molecule has 0 saturated carbocycles. The van der Waals surface area contributed by atoms with Crippen molar-refractivity contribution in [1.29, 1.82) is 0 Å². The van der Waals surface area contributed by atoms with Crippen molar-refractivity contribution in [3.63, 3.8) is 0 Å². The fraction of sp³-hybridized carbons (Fsp3) is 0.0870. The molecule has 0 aromatic heterocycles. The molecular formula is C23H20N2O2S. The summed E-state index contributed by atoms with van der Waals surface area (Å²) in [5.74, 6) is 6.23. The van der Waals surface area contributed by atoms with Crippen LogP contribution in [0.5, 0.6) is 0 Å². The lowest BCUT2D eigenvalue weighted by Crippen LogP contribution is -2.18. The van der Waals surface area contributed by atoms with Gasteiger partial charge in [0.15, 0.2) is 0 Å². The Bertz CT molecular complexity index is 1150. The van der Waals surface area contributed by atoms with Gasteiger partial charge in [-0.2, -0.15) is 13.5 Å². The van der Waals surface area contributed by atoms with Crippen LogP contribution in [0.4, 0.5) is 0 Å². The van der Waals surface area contributed by atoms with Crippen LogP contribution < -0.4 is 4.83 Å². The summed E-state index contributed by atoms with van der Waals surface area (Å²) in [7, 11) is -3.71. The molecule has 0 heterocycles. The third kappa shape index (κ3) is 5.09. The molecule has 28 heavy (non-hydrogen) atoms. The molecule has 0 radical (unpaired) electrons. The second kappa shape index (κ2) is 8.55. The van der Waals surface area contributed by atoms with Crippen LogP contribution in [0.3, 0.4) is 0 Å². The zero-order chi connectivity index (χ0) is 20.0. The predicted molar refractivity (Wildman–Crippen MR) is 113 cm³/mol. The Balaban J connectivity index is 1.83. The zero-order valence-electron chi connectivity index (χ0n) is 15.7. The van der Waals surface area contributed by atoms with E-state index in [-0.39, 0.29) is 4.90 Å². The highest BCUT2D eigenvalue weighted by atomic mass is 32.2. The molecule has 0 saturated heterocycles. The van der Waals surface area contributed by atoms with Gasteiger partial charge >= 0.3 is 0 Å². The monoisotopic (exact) mass is 388 g/mol. The van der Waals surface area contributed by atoms with E-state index in [0.29, 0.717) is 0 Å². The lowest BCUT2D eigenvalue weighted by atomic mass is 10.1. The molecule has 1 N–H and O–H groups in total. The quantitative estimate of drug-likeness (QED) is 0.417. The Labute approximate surface area is 166 Å². The van der Waals surface area contributed by atoms with Crippen molar-refractivity contribution in [2.75, 3.05) is 0 Å². The number of nitrogens with one attached hydrogen (secondary N) is 1. The molecule has 0 aliphatic carbocycles. The number of benzene rings is 3. The molecule has 0 amide bonds. The standard InChI is InChI=1S/C23H20N2O2S/c1-18-9-14-23(15-10-18)28(26,27)25-24-17-22-16-19(2)8-12-21(22)13-11-20-6-4-3-5-7-20/h3-10,12,14-17,25H,1-2H3/b24-17+. The van der Waals surface area contributed by atoms with Crippen molar-refractivity contribution < 1.29 is 8.42 Å². The number of hydrazone groups is 1. The molecule has 0 fully saturated rings. The topological polar surface area (TPSA) is 58.5 Å². The molecule has 0 aliphatic rings. The van der Waals surface area contributed by atoms with Gasteiger partial charge in [-0.05, 0) is 50.2 Å². The molecule has 5 heteroatoms. The van der Waals surface area contributed by atoms with Crippen LogP contribution in [0.15, 0.2) is 82.8 Å². The van der Waals surface area contributed by atoms with Gasteiger partial charge in [0, 0.05) is 16.7 Å². The minimum Gasteiger partial charge on any atom is -0.200 e. The van der Waals surface area contributed by atoms with Gasteiger partial charge in [-0.3, -0.25) is 0 Å². The summed E-state index contributed by atoms with van der Waals surface area (Å²) in [6, 6.07) is 22.1.